The summed E-state index contributed by atoms with van der Waals surface area (Å²) in [5.74, 6) is 0.973. The molecule has 0 bridgehead atoms. The molecule has 3 aromatic heterocycles. The molecule has 8 aromatic carbocycles. The van der Waals surface area contributed by atoms with Crippen LogP contribution in [0, 0.1) is 0 Å². The first-order valence-corrected chi connectivity index (χ1v) is 22.8. The number of furan rings is 3. The van der Waals surface area contributed by atoms with Gasteiger partial charge in [0.05, 0.1) is 11.4 Å². The number of nitrogens with zero attached hydrogens (tertiary/aromatic N) is 2. The number of benzene rings is 8. The summed E-state index contributed by atoms with van der Waals surface area (Å²) in [6, 6.07) is 64.1. The molecular weight excluding hydrogens is 729 g/mol. The van der Waals surface area contributed by atoms with Crippen LogP contribution in [-0.2, 0) is 0 Å². The Labute approximate surface area is 335 Å². The molecule has 12 rings (SSSR count). The molecule has 58 heavy (non-hydrogen) atoms. The lowest BCUT2D eigenvalue weighted by Gasteiger charge is -2.27. The molecule has 6 heteroatoms. The van der Waals surface area contributed by atoms with E-state index in [0.29, 0.717) is 0 Å². The Morgan fingerprint density at radius 3 is 1.45 bits per heavy atom. The van der Waals surface area contributed by atoms with Crippen molar-refractivity contribution in [2.75, 3.05) is 9.80 Å². The third-order valence-corrected chi connectivity index (χ3v) is 15.5. The molecule has 1 aliphatic heterocycles. The van der Waals surface area contributed by atoms with Crippen molar-refractivity contribution in [2.45, 2.75) is 13.1 Å². The molecule has 0 saturated heterocycles. The fourth-order valence-corrected chi connectivity index (χ4v) is 12.6. The average molecular weight is 765 g/mol. The van der Waals surface area contributed by atoms with Crippen LogP contribution in [0.1, 0.15) is 0 Å². The number of para-hydroxylation sites is 6. The molecule has 1 aliphatic rings. The van der Waals surface area contributed by atoms with Gasteiger partial charge in [-0.15, -0.1) is 0 Å². The van der Waals surface area contributed by atoms with Gasteiger partial charge in [0.25, 0.3) is 0 Å². The van der Waals surface area contributed by atoms with Gasteiger partial charge in [0.15, 0.2) is 11.2 Å². The molecule has 276 valence electrons. The van der Waals surface area contributed by atoms with E-state index in [0.717, 1.165) is 100 Å². The largest absolute Gasteiger partial charge is 0.456 e. The summed E-state index contributed by atoms with van der Waals surface area (Å²) >= 11 is 0. The summed E-state index contributed by atoms with van der Waals surface area (Å²) in [4.78, 5) is 4.63. The van der Waals surface area contributed by atoms with Crippen LogP contribution >= 0.6 is 0 Å². The van der Waals surface area contributed by atoms with Crippen LogP contribution < -0.4 is 20.2 Å². The second-order valence-corrected chi connectivity index (χ2v) is 20.0. The lowest BCUT2D eigenvalue weighted by molar-refractivity contribution is 0.635. The third kappa shape index (κ3) is 4.76. The molecule has 0 spiro atoms. The van der Waals surface area contributed by atoms with E-state index >= 15 is 0 Å². The van der Waals surface area contributed by atoms with Gasteiger partial charge in [-0.3, -0.25) is 0 Å². The Balaban J connectivity index is 1.03. The predicted octanol–water partition coefficient (Wildman–Crippen LogP) is 14.0. The normalized spacial score (nSPS) is 13.1. The summed E-state index contributed by atoms with van der Waals surface area (Å²) in [7, 11) is -2.23. The summed E-state index contributed by atoms with van der Waals surface area (Å²) in [6.45, 7) is 4.90. The fourth-order valence-electron chi connectivity index (χ4n) is 9.40. The van der Waals surface area contributed by atoms with Gasteiger partial charge in [0.1, 0.15) is 30.6 Å². The third-order valence-electron chi connectivity index (χ3n) is 12.0. The van der Waals surface area contributed by atoms with E-state index in [1.165, 1.54) is 10.4 Å². The molecule has 5 nitrogen and oxygen atoms in total. The van der Waals surface area contributed by atoms with Gasteiger partial charge in [-0.25, -0.2) is 0 Å². The van der Waals surface area contributed by atoms with Gasteiger partial charge >= 0.3 is 0 Å². The highest BCUT2D eigenvalue weighted by molar-refractivity contribution is 7.05. The molecule has 0 N–H and O–H groups in total. The highest BCUT2D eigenvalue weighted by Gasteiger charge is 2.42. The van der Waals surface area contributed by atoms with Crippen molar-refractivity contribution >= 4 is 107 Å². The van der Waals surface area contributed by atoms with Crippen LogP contribution in [0.25, 0.3) is 66.2 Å². The Hall–Kier alpha value is -7.28. The number of anilines is 6. The van der Waals surface area contributed by atoms with Crippen LogP contribution in [0.5, 0.6) is 0 Å². The zero-order chi connectivity index (χ0) is 38.5. The van der Waals surface area contributed by atoms with Crippen LogP contribution in [0.15, 0.2) is 195 Å². The minimum absolute atomic E-state index is 0.862. The van der Waals surface area contributed by atoms with E-state index in [2.05, 4.69) is 181 Å². The summed E-state index contributed by atoms with van der Waals surface area (Å²) in [5, 5.41) is 8.28. The van der Waals surface area contributed by atoms with Crippen molar-refractivity contribution in [1.82, 2.24) is 0 Å². The quantitative estimate of drug-likeness (QED) is 0.158. The second-order valence-electron chi connectivity index (χ2n) is 15.7. The van der Waals surface area contributed by atoms with Crippen LogP contribution in [0.4, 0.5) is 34.1 Å². The molecular formula is C52H36N2O3Si. The number of hydrogen-bond acceptors (Lipinski definition) is 5. The van der Waals surface area contributed by atoms with Gasteiger partial charge in [-0.05, 0) is 89.2 Å². The number of rotatable bonds is 6. The number of hydrogen-bond donors (Lipinski definition) is 0. The van der Waals surface area contributed by atoms with E-state index in [1.807, 2.05) is 24.3 Å². The Morgan fingerprint density at radius 2 is 0.862 bits per heavy atom. The Kier molecular flexibility index (Phi) is 7.01. The van der Waals surface area contributed by atoms with Crippen molar-refractivity contribution in [3.63, 3.8) is 0 Å². The van der Waals surface area contributed by atoms with Crippen LogP contribution in [0.2, 0.25) is 13.1 Å². The van der Waals surface area contributed by atoms with Crippen molar-refractivity contribution in [3.05, 3.63) is 182 Å². The van der Waals surface area contributed by atoms with Crippen LogP contribution in [-0.4, -0.2) is 8.07 Å². The lowest BCUT2D eigenvalue weighted by Crippen LogP contribution is -2.49. The molecule has 11 aromatic rings. The lowest BCUT2D eigenvalue weighted by atomic mass is 10.1. The molecule has 0 unspecified atom stereocenters. The van der Waals surface area contributed by atoms with Crippen molar-refractivity contribution in [3.8, 4) is 11.3 Å². The average Bonchev–Trinajstić information content (AvgIpc) is 4.01. The summed E-state index contributed by atoms with van der Waals surface area (Å²) in [6.07, 6.45) is 0. The Bertz CT molecular complexity index is 3400. The van der Waals surface area contributed by atoms with E-state index in [-0.39, 0.29) is 0 Å². The van der Waals surface area contributed by atoms with Crippen molar-refractivity contribution in [1.29, 1.82) is 0 Å². The fraction of sp³-hybridized carbons (Fsp3) is 0.0385. The van der Waals surface area contributed by atoms with Crippen LogP contribution in [0.3, 0.4) is 0 Å². The molecule has 0 radical (unpaired) electrons. The van der Waals surface area contributed by atoms with Gasteiger partial charge in [0.2, 0.25) is 0 Å². The zero-order valence-corrected chi connectivity index (χ0v) is 32.9. The molecule has 0 aliphatic carbocycles. The summed E-state index contributed by atoms with van der Waals surface area (Å²) in [5.41, 5.74) is 11.7. The monoisotopic (exact) mass is 764 g/mol. The van der Waals surface area contributed by atoms with Gasteiger partial charge in [-0.2, -0.15) is 0 Å². The Morgan fingerprint density at radius 1 is 0.379 bits per heavy atom. The maximum atomic E-state index is 6.95. The van der Waals surface area contributed by atoms with Gasteiger partial charge in [-0.1, -0.05) is 116 Å². The van der Waals surface area contributed by atoms with E-state index in [1.54, 1.807) is 0 Å². The van der Waals surface area contributed by atoms with E-state index in [4.69, 9.17) is 13.3 Å². The molecule has 0 atom stereocenters. The summed E-state index contributed by atoms with van der Waals surface area (Å²) < 4.78 is 20.1. The smallest absolute Gasteiger partial charge is 0.159 e. The minimum Gasteiger partial charge on any atom is -0.456 e. The highest BCUT2D eigenvalue weighted by Crippen LogP contribution is 2.46. The van der Waals surface area contributed by atoms with E-state index in [9.17, 15) is 0 Å². The topological polar surface area (TPSA) is 45.9 Å². The number of fused-ring (bicyclic) bond motifs is 11. The first-order chi connectivity index (χ1) is 28.5. The molecule has 4 heterocycles. The highest BCUT2D eigenvalue weighted by atomic mass is 28.3. The van der Waals surface area contributed by atoms with Crippen molar-refractivity contribution < 1.29 is 13.3 Å². The molecule has 0 amide bonds. The first kappa shape index (κ1) is 32.9. The SMILES string of the molecule is C[Si]1(C)c2ccc(N(c3ccccc3)c3cccc4c3oc3ccccc34)cc2-c2oc3ccc(N(c4ccccc4)c4cccc5c4oc4ccccc45)cc3c21. The maximum Gasteiger partial charge on any atom is 0.159 e. The molecule has 0 fully saturated rings. The first-order valence-electron chi connectivity index (χ1n) is 19.8. The van der Waals surface area contributed by atoms with E-state index < -0.39 is 8.07 Å². The van der Waals surface area contributed by atoms with Gasteiger partial charge in [0, 0.05) is 55.2 Å². The van der Waals surface area contributed by atoms with Crippen molar-refractivity contribution in [2.24, 2.45) is 0 Å². The predicted molar refractivity (Wildman–Crippen MR) is 242 cm³/mol. The molecule has 0 saturated carbocycles. The maximum absolute atomic E-state index is 6.95. The zero-order valence-electron chi connectivity index (χ0n) is 31.9. The minimum atomic E-state index is -2.23. The van der Waals surface area contributed by atoms with Gasteiger partial charge < -0.3 is 23.1 Å². The standard InChI is InChI=1S/C52H36N2O3Si/c1-58(2)48-30-28-36(54(34-17-7-4-8-18-34)44-24-14-22-40-38-20-10-12-26-46(38)56-50(40)44)32-42(48)51-52(58)41-31-35(27-29-47(41)57-51)53(33-15-5-3-6-16-33)43-23-13-21-39-37-19-9-11-25-45(37)55-49(39)43/h3-32H,1-2H3. The second kappa shape index (κ2) is 12.4.